The van der Waals surface area contributed by atoms with Gasteiger partial charge in [0.25, 0.3) is 0 Å². The number of hydrogen-bond donors (Lipinski definition) is 1. The molecule has 0 bridgehead atoms. The van der Waals surface area contributed by atoms with Crippen LogP contribution in [0.5, 0.6) is 5.75 Å². The summed E-state index contributed by atoms with van der Waals surface area (Å²) >= 11 is 6.40. The van der Waals surface area contributed by atoms with Gasteiger partial charge in [-0.05, 0) is 19.1 Å². The highest BCUT2D eigenvalue weighted by Crippen LogP contribution is 2.32. The van der Waals surface area contributed by atoms with Gasteiger partial charge in [0.15, 0.2) is 0 Å². The van der Waals surface area contributed by atoms with Crippen LogP contribution >= 0.6 is 23.6 Å². The molecule has 0 aliphatic carbocycles. The Morgan fingerprint density at radius 3 is 2.88 bits per heavy atom. The molecule has 2 N–H and O–H groups in total. The molecular formula is C12H12N2OS2. The summed E-state index contributed by atoms with van der Waals surface area (Å²) in [5, 5.41) is 0.872. The average molecular weight is 264 g/mol. The van der Waals surface area contributed by atoms with Gasteiger partial charge in [-0.2, -0.15) is 0 Å². The number of nitrogens with zero attached hydrogens (tertiary/aromatic N) is 1. The summed E-state index contributed by atoms with van der Waals surface area (Å²) in [6.07, 6.45) is 1.70. The van der Waals surface area contributed by atoms with Crippen LogP contribution in [0.2, 0.25) is 0 Å². The topological polar surface area (TPSA) is 48.1 Å². The average Bonchev–Trinajstić information content (AvgIpc) is 2.79. The maximum atomic E-state index is 5.57. The number of hydrogen-bond acceptors (Lipinski definition) is 4. The molecule has 1 heterocycles. The van der Waals surface area contributed by atoms with Gasteiger partial charge < -0.3 is 10.5 Å². The van der Waals surface area contributed by atoms with Gasteiger partial charge >= 0.3 is 0 Å². The molecule has 0 fully saturated rings. The number of aromatic nitrogens is 1. The van der Waals surface area contributed by atoms with Gasteiger partial charge in [0.1, 0.15) is 15.7 Å². The Balaban J connectivity index is 2.41. The van der Waals surface area contributed by atoms with Gasteiger partial charge in [-0.25, -0.2) is 4.98 Å². The molecule has 0 aliphatic rings. The Labute approximate surface area is 109 Å². The molecule has 0 radical (unpaired) electrons. The molecule has 0 saturated carbocycles. The second kappa shape index (κ2) is 5.25. The molecular weight excluding hydrogens is 252 g/mol. The molecule has 1 aromatic heterocycles. The summed E-state index contributed by atoms with van der Waals surface area (Å²) in [5.74, 6) is 0.832. The zero-order valence-corrected chi connectivity index (χ0v) is 11.0. The molecule has 2 aromatic rings. The molecule has 0 amide bonds. The number of rotatable bonds is 4. The third-order valence-electron chi connectivity index (χ3n) is 2.17. The highest BCUT2D eigenvalue weighted by molar-refractivity contribution is 7.81. The number of para-hydroxylation sites is 1. The number of thiazole rings is 1. The highest BCUT2D eigenvalue weighted by Gasteiger charge is 2.10. The molecule has 2 rings (SSSR count). The van der Waals surface area contributed by atoms with Crippen LogP contribution in [-0.4, -0.2) is 16.6 Å². The van der Waals surface area contributed by atoms with Crippen LogP contribution in [0.1, 0.15) is 11.8 Å². The molecule has 5 heteroatoms. The third-order valence-corrected chi connectivity index (χ3v) is 3.58. The molecule has 0 unspecified atom stereocenters. The molecule has 0 aliphatic heterocycles. The van der Waals surface area contributed by atoms with Crippen molar-refractivity contribution in [3.8, 4) is 16.3 Å². The number of nitrogens with two attached hydrogens (primary N) is 1. The lowest BCUT2D eigenvalue weighted by Crippen LogP contribution is -2.06. The van der Waals surface area contributed by atoms with Gasteiger partial charge in [-0.1, -0.05) is 24.4 Å². The van der Waals surface area contributed by atoms with E-state index in [2.05, 4.69) is 4.98 Å². The summed E-state index contributed by atoms with van der Waals surface area (Å²) in [6.45, 7) is 2.59. The standard InChI is InChI=1S/C12H12N2OS2/c1-2-15-9-6-4-3-5-8(9)12-14-7-10(17-12)11(13)16/h3-7H,2H2,1H3,(H2,13,16). The first-order valence-electron chi connectivity index (χ1n) is 5.20. The maximum Gasteiger partial charge on any atom is 0.129 e. The molecule has 0 atom stereocenters. The fourth-order valence-electron chi connectivity index (χ4n) is 1.44. The smallest absolute Gasteiger partial charge is 0.129 e. The summed E-state index contributed by atoms with van der Waals surface area (Å²) in [7, 11) is 0. The Morgan fingerprint density at radius 1 is 1.47 bits per heavy atom. The first-order chi connectivity index (χ1) is 8.22. The lowest BCUT2D eigenvalue weighted by molar-refractivity contribution is 0.341. The van der Waals surface area contributed by atoms with Gasteiger partial charge in [-0.3, -0.25) is 0 Å². The van der Waals surface area contributed by atoms with E-state index in [0.717, 1.165) is 21.2 Å². The molecule has 1 aromatic carbocycles. The van der Waals surface area contributed by atoms with E-state index in [9.17, 15) is 0 Å². The summed E-state index contributed by atoms with van der Waals surface area (Å²) in [4.78, 5) is 5.52. The second-order valence-corrected chi connectivity index (χ2v) is 4.79. The Kier molecular flexibility index (Phi) is 3.71. The van der Waals surface area contributed by atoms with Crippen molar-refractivity contribution in [1.82, 2.24) is 4.98 Å². The predicted molar refractivity (Wildman–Crippen MR) is 74.6 cm³/mol. The summed E-state index contributed by atoms with van der Waals surface area (Å²) < 4.78 is 5.56. The van der Waals surface area contributed by atoms with E-state index in [1.807, 2.05) is 31.2 Å². The van der Waals surface area contributed by atoms with E-state index in [1.54, 1.807) is 6.20 Å². The normalized spacial score (nSPS) is 10.2. The third kappa shape index (κ3) is 2.62. The first-order valence-corrected chi connectivity index (χ1v) is 6.42. The van der Waals surface area contributed by atoms with Crippen molar-refractivity contribution in [3.63, 3.8) is 0 Å². The number of thiocarbonyl (C=S) groups is 1. The maximum absolute atomic E-state index is 5.57. The summed E-state index contributed by atoms with van der Waals surface area (Å²) in [6, 6.07) is 7.81. The van der Waals surface area contributed by atoms with Gasteiger partial charge in [0.05, 0.1) is 17.0 Å². The van der Waals surface area contributed by atoms with E-state index in [0.29, 0.717) is 11.6 Å². The van der Waals surface area contributed by atoms with E-state index in [4.69, 9.17) is 22.7 Å². The van der Waals surface area contributed by atoms with Crippen molar-refractivity contribution in [2.75, 3.05) is 6.61 Å². The summed E-state index contributed by atoms with van der Waals surface area (Å²) in [5.41, 5.74) is 6.55. The highest BCUT2D eigenvalue weighted by atomic mass is 32.1. The molecule has 0 saturated heterocycles. The van der Waals surface area contributed by atoms with E-state index in [1.165, 1.54) is 11.3 Å². The minimum Gasteiger partial charge on any atom is -0.493 e. The van der Waals surface area contributed by atoms with Crippen LogP contribution in [0.25, 0.3) is 10.6 Å². The van der Waals surface area contributed by atoms with Crippen LogP contribution in [0.4, 0.5) is 0 Å². The monoisotopic (exact) mass is 264 g/mol. The Bertz CT molecular complexity index is 537. The van der Waals surface area contributed by atoms with Crippen molar-refractivity contribution >= 4 is 28.5 Å². The molecule has 0 spiro atoms. The van der Waals surface area contributed by atoms with Crippen molar-refractivity contribution in [3.05, 3.63) is 35.3 Å². The largest absolute Gasteiger partial charge is 0.493 e. The van der Waals surface area contributed by atoms with Crippen LogP contribution in [-0.2, 0) is 0 Å². The fourth-order valence-corrected chi connectivity index (χ4v) is 2.41. The zero-order chi connectivity index (χ0) is 12.3. The van der Waals surface area contributed by atoms with Crippen molar-refractivity contribution < 1.29 is 4.74 Å². The van der Waals surface area contributed by atoms with Gasteiger partial charge in [0.2, 0.25) is 0 Å². The molecule has 88 valence electrons. The Hall–Kier alpha value is -1.46. The number of benzene rings is 1. The zero-order valence-electron chi connectivity index (χ0n) is 9.34. The van der Waals surface area contributed by atoms with Crippen LogP contribution in [0.15, 0.2) is 30.5 Å². The van der Waals surface area contributed by atoms with Crippen molar-refractivity contribution in [2.45, 2.75) is 6.92 Å². The molecule has 17 heavy (non-hydrogen) atoms. The van der Waals surface area contributed by atoms with Gasteiger partial charge in [-0.15, -0.1) is 11.3 Å². The minimum atomic E-state index is 0.377. The van der Waals surface area contributed by atoms with Crippen LogP contribution in [0.3, 0.4) is 0 Å². The first kappa shape index (κ1) is 12.0. The van der Waals surface area contributed by atoms with E-state index < -0.39 is 0 Å². The van der Waals surface area contributed by atoms with E-state index >= 15 is 0 Å². The quantitative estimate of drug-likeness (QED) is 0.863. The molecule has 3 nitrogen and oxygen atoms in total. The van der Waals surface area contributed by atoms with Crippen molar-refractivity contribution in [1.29, 1.82) is 0 Å². The Morgan fingerprint density at radius 2 is 2.24 bits per heavy atom. The van der Waals surface area contributed by atoms with Crippen LogP contribution < -0.4 is 10.5 Å². The number of ether oxygens (including phenoxy) is 1. The van der Waals surface area contributed by atoms with E-state index in [-0.39, 0.29) is 0 Å². The lowest BCUT2D eigenvalue weighted by atomic mass is 10.2. The second-order valence-electron chi connectivity index (χ2n) is 3.32. The van der Waals surface area contributed by atoms with Crippen molar-refractivity contribution in [2.24, 2.45) is 5.73 Å². The minimum absolute atomic E-state index is 0.377. The van der Waals surface area contributed by atoms with Gasteiger partial charge in [0, 0.05) is 6.20 Å². The SMILES string of the molecule is CCOc1ccccc1-c1ncc(C(N)=S)s1. The van der Waals surface area contributed by atoms with Crippen LogP contribution in [0, 0.1) is 0 Å². The predicted octanol–water partition coefficient (Wildman–Crippen LogP) is 2.84. The fraction of sp³-hybridized carbons (Fsp3) is 0.167. The lowest BCUT2D eigenvalue weighted by Gasteiger charge is -2.06.